The lowest BCUT2D eigenvalue weighted by Crippen LogP contribution is -2.32. The molecule has 3 rings (SSSR count). The molecule has 0 aliphatic rings. The minimum absolute atomic E-state index is 0.196. The molecule has 1 aromatic heterocycles. The summed E-state index contributed by atoms with van der Waals surface area (Å²) in [4.78, 5) is 28.1. The Morgan fingerprint density at radius 3 is 2.24 bits per heavy atom. The summed E-state index contributed by atoms with van der Waals surface area (Å²) in [6.45, 7) is 0.232. The molecule has 6 nitrogen and oxygen atoms in total. The van der Waals surface area contributed by atoms with Crippen molar-refractivity contribution >= 4 is 23.2 Å². The fourth-order valence-corrected chi connectivity index (χ4v) is 2.52. The first-order valence-corrected chi connectivity index (χ1v) is 8.77. The summed E-state index contributed by atoms with van der Waals surface area (Å²) in [6, 6.07) is 15.1. The molecule has 29 heavy (non-hydrogen) atoms. The molecule has 0 bridgehead atoms. The maximum atomic E-state index is 13.2. The van der Waals surface area contributed by atoms with Crippen molar-refractivity contribution in [2.45, 2.75) is 6.54 Å². The smallest absolute Gasteiger partial charge is 0.251 e. The van der Waals surface area contributed by atoms with Crippen LogP contribution in [0.1, 0.15) is 16.1 Å². The lowest BCUT2D eigenvalue weighted by molar-refractivity contribution is -0.115. The van der Waals surface area contributed by atoms with Crippen LogP contribution in [0.15, 0.2) is 66.9 Å². The molecule has 0 fully saturated rings. The van der Waals surface area contributed by atoms with Gasteiger partial charge in [-0.3, -0.25) is 14.6 Å². The van der Waals surface area contributed by atoms with E-state index in [1.807, 2.05) is 18.2 Å². The second-order valence-electron chi connectivity index (χ2n) is 6.14. The normalized spacial score (nSPS) is 10.3. The lowest BCUT2D eigenvalue weighted by atomic mass is 10.2. The number of hydrogen-bond donors (Lipinski definition) is 3. The molecule has 0 saturated carbocycles. The molecule has 8 heteroatoms. The molecule has 0 aliphatic heterocycles. The van der Waals surface area contributed by atoms with Gasteiger partial charge in [-0.15, -0.1) is 0 Å². The number of nitrogens with one attached hydrogen (secondary N) is 3. The van der Waals surface area contributed by atoms with Crippen LogP contribution in [0.2, 0.25) is 0 Å². The molecule has 3 N–H and O–H groups in total. The highest BCUT2D eigenvalue weighted by molar-refractivity contribution is 5.99. The quantitative estimate of drug-likeness (QED) is 0.572. The first-order chi connectivity index (χ1) is 14.0. The summed E-state index contributed by atoms with van der Waals surface area (Å²) < 4.78 is 26.3. The Bertz CT molecular complexity index is 975. The van der Waals surface area contributed by atoms with Crippen molar-refractivity contribution in [3.8, 4) is 0 Å². The third-order valence-corrected chi connectivity index (χ3v) is 3.90. The average molecular weight is 396 g/mol. The van der Waals surface area contributed by atoms with E-state index in [1.165, 1.54) is 0 Å². The Hall–Kier alpha value is -3.81. The van der Waals surface area contributed by atoms with Crippen molar-refractivity contribution in [1.29, 1.82) is 0 Å². The van der Waals surface area contributed by atoms with Crippen LogP contribution in [0.25, 0.3) is 0 Å². The predicted octanol–water partition coefficient (Wildman–Crippen LogP) is 3.34. The van der Waals surface area contributed by atoms with E-state index in [1.54, 1.807) is 30.5 Å². The maximum absolute atomic E-state index is 13.2. The molecule has 0 atom stereocenters. The zero-order chi connectivity index (χ0) is 20.6. The highest BCUT2D eigenvalue weighted by atomic mass is 19.1. The van der Waals surface area contributed by atoms with E-state index >= 15 is 0 Å². The van der Waals surface area contributed by atoms with Gasteiger partial charge in [0, 0.05) is 29.2 Å². The minimum Gasteiger partial charge on any atom is -0.379 e. The molecule has 0 aliphatic carbocycles. The summed E-state index contributed by atoms with van der Waals surface area (Å²) in [6.07, 6.45) is 1.72. The van der Waals surface area contributed by atoms with Gasteiger partial charge in [-0.1, -0.05) is 6.07 Å². The summed E-state index contributed by atoms with van der Waals surface area (Å²) >= 11 is 0. The van der Waals surface area contributed by atoms with Gasteiger partial charge >= 0.3 is 0 Å². The van der Waals surface area contributed by atoms with Gasteiger partial charge in [0.25, 0.3) is 5.91 Å². The third kappa shape index (κ3) is 6.10. The second kappa shape index (κ2) is 9.41. The number of rotatable bonds is 7. The number of carbonyl (C=O) groups is 2. The van der Waals surface area contributed by atoms with Crippen molar-refractivity contribution in [3.63, 3.8) is 0 Å². The zero-order valence-electron chi connectivity index (χ0n) is 15.3. The molecule has 0 unspecified atom stereocenters. The summed E-state index contributed by atoms with van der Waals surface area (Å²) in [5, 5.41) is 8.17. The van der Waals surface area contributed by atoms with Gasteiger partial charge in [0.1, 0.15) is 11.6 Å². The highest BCUT2D eigenvalue weighted by Gasteiger charge is 2.11. The third-order valence-electron chi connectivity index (χ3n) is 3.90. The van der Waals surface area contributed by atoms with Crippen molar-refractivity contribution in [1.82, 2.24) is 10.3 Å². The summed E-state index contributed by atoms with van der Waals surface area (Å²) in [5.74, 6) is -2.94. The summed E-state index contributed by atoms with van der Waals surface area (Å²) in [5.41, 5.74) is 2.11. The monoisotopic (exact) mass is 396 g/mol. The van der Waals surface area contributed by atoms with E-state index in [9.17, 15) is 18.4 Å². The predicted molar refractivity (Wildman–Crippen MR) is 105 cm³/mol. The Labute approximate surface area is 166 Å². The number of carbonyl (C=O) groups excluding carboxylic acids is 2. The van der Waals surface area contributed by atoms with Crippen LogP contribution in [-0.2, 0) is 11.3 Å². The Kier molecular flexibility index (Phi) is 6.47. The van der Waals surface area contributed by atoms with Crippen LogP contribution in [0, 0.1) is 11.6 Å². The number of amides is 2. The largest absolute Gasteiger partial charge is 0.379 e. The number of hydrogen-bond acceptors (Lipinski definition) is 4. The molecule has 2 amide bonds. The van der Waals surface area contributed by atoms with Crippen molar-refractivity contribution in [3.05, 3.63) is 89.8 Å². The van der Waals surface area contributed by atoms with Crippen molar-refractivity contribution in [2.24, 2.45) is 0 Å². The van der Waals surface area contributed by atoms with Gasteiger partial charge in [0.15, 0.2) is 0 Å². The van der Waals surface area contributed by atoms with Crippen LogP contribution in [-0.4, -0.2) is 23.3 Å². The van der Waals surface area contributed by atoms with Crippen LogP contribution in [0.4, 0.5) is 20.2 Å². The fourth-order valence-electron chi connectivity index (χ4n) is 2.52. The molecular weight excluding hydrogens is 378 g/mol. The number of nitrogens with zero attached hydrogens (tertiary/aromatic N) is 1. The van der Waals surface area contributed by atoms with E-state index in [2.05, 4.69) is 20.9 Å². The second-order valence-corrected chi connectivity index (χ2v) is 6.14. The first-order valence-electron chi connectivity index (χ1n) is 8.77. The molecule has 0 saturated heterocycles. The SMILES string of the molecule is O=C(CNC(=O)c1cc(F)cc(F)c1)Nc1ccc(NCc2ccccn2)cc1. The number of anilines is 2. The molecule has 148 valence electrons. The number of pyridine rings is 1. The topological polar surface area (TPSA) is 83.1 Å². The number of benzene rings is 2. The van der Waals surface area contributed by atoms with Gasteiger partial charge in [-0.2, -0.15) is 0 Å². The van der Waals surface area contributed by atoms with Crippen LogP contribution >= 0.6 is 0 Å². The molecule has 2 aromatic carbocycles. The molecule has 1 heterocycles. The van der Waals surface area contributed by atoms with Crippen molar-refractivity contribution in [2.75, 3.05) is 17.2 Å². The maximum Gasteiger partial charge on any atom is 0.251 e. The molecular formula is C21H18F2N4O2. The van der Waals surface area contributed by atoms with E-state index in [-0.39, 0.29) is 12.1 Å². The van der Waals surface area contributed by atoms with Gasteiger partial charge in [-0.05, 0) is 48.5 Å². The Morgan fingerprint density at radius 1 is 0.897 bits per heavy atom. The van der Waals surface area contributed by atoms with Gasteiger partial charge in [0.05, 0.1) is 18.8 Å². The first kappa shape index (κ1) is 19.9. The van der Waals surface area contributed by atoms with E-state index in [4.69, 9.17) is 0 Å². The molecule has 0 radical (unpaired) electrons. The highest BCUT2D eigenvalue weighted by Crippen LogP contribution is 2.14. The average Bonchev–Trinajstić information content (AvgIpc) is 2.71. The van der Waals surface area contributed by atoms with Crippen LogP contribution < -0.4 is 16.0 Å². The van der Waals surface area contributed by atoms with Crippen LogP contribution in [0.5, 0.6) is 0 Å². The number of aromatic nitrogens is 1. The van der Waals surface area contributed by atoms with E-state index in [0.717, 1.165) is 23.5 Å². The van der Waals surface area contributed by atoms with E-state index in [0.29, 0.717) is 18.3 Å². The zero-order valence-corrected chi connectivity index (χ0v) is 15.3. The van der Waals surface area contributed by atoms with Gasteiger partial charge < -0.3 is 16.0 Å². The molecule has 3 aromatic rings. The number of halogens is 2. The van der Waals surface area contributed by atoms with E-state index < -0.39 is 23.4 Å². The van der Waals surface area contributed by atoms with Crippen molar-refractivity contribution < 1.29 is 18.4 Å². The van der Waals surface area contributed by atoms with Gasteiger partial charge in [0.2, 0.25) is 5.91 Å². The Morgan fingerprint density at radius 2 is 1.59 bits per heavy atom. The Balaban J connectivity index is 1.47. The van der Waals surface area contributed by atoms with Crippen LogP contribution in [0.3, 0.4) is 0 Å². The molecule has 0 spiro atoms. The lowest BCUT2D eigenvalue weighted by Gasteiger charge is -2.09. The summed E-state index contributed by atoms with van der Waals surface area (Å²) in [7, 11) is 0. The van der Waals surface area contributed by atoms with Gasteiger partial charge in [-0.25, -0.2) is 8.78 Å². The fraction of sp³-hybridized carbons (Fsp3) is 0.0952. The minimum atomic E-state index is -0.864. The standard InChI is InChI=1S/C21H18F2N4O2/c22-15-9-14(10-16(23)11-15)21(29)26-13-20(28)27-18-6-4-17(5-7-18)25-12-19-3-1-2-8-24-19/h1-11,25H,12-13H2,(H,26,29)(H,27,28).